The Morgan fingerprint density at radius 2 is 1.86 bits per heavy atom. The molecular formula is C15H16N2O3S. The molecule has 0 aliphatic carbocycles. The molecule has 0 aliphatic rings. The number of nitrogens with two attached hydrogens (primary N) is 1. The Morgan fingerprint density at radius 1 is 1.14 bits per heavy atom. The van der Waals surface area contributed by atoms with Gasteiger partial charge in [-0.3, -0.25) is 4.79 Å². The van der Waals surface area contributed by atoms with Gasteiger partial charge < -0.3 is 11.1 Å². The molecular weight excluding hydrogens is 288 g/mol. The van der Waals surface area contributed by atoms with Gasteiger partial charge in [0, 0.05) is 24.1 Å². The molecule has 2 rings (SSSR count). The first-order valence-electron chi connectivity index (χ1n) is 6.29. The number of benzene rings is 2. The Balaban J connectivity index is 2.13. The van der Waals surface area contributed by atoms with Crippen LogP contribution in [0.5, 0.6) is 0 Å². The number of sulfone groups is 1. The van der Waals surface area contributed by atoms with Crippen LogP contribution in [0.3, 0.4) is 0 Å². The van der Waals surface area contributed by atoms with Gasteiger partial charge in [0.1, 0.15) is 0 Å². The van der Waals surface area contributed by atoms with Crippen molar-refractivity contribution in [2.45, 2.75) is 11.4 Å². The van der Waals surface area contributed by atoms with E-state index in [1.807, 2.05) is 6.07 Å². The van der Waals surface area contributed by atoms with Crippen LogP contribution < -0.4 is 11.1 Å². The van der Waals surface area contributed by atoms with Crippen molar-refractivity contribution in [3.05, 3.63) is 59.7 Å². The van der Waals surface area contributed by atoms with Crippen molar-refractivity contribution in [3.8, 4) is 0 Å². The lowest BCUT2D eigenvalue weighted by Gasteiger charge is -2.08. The second-order valence-electron chi connectivity index (χ2n) is 4.72. The number of carbonyl (C=O) groups is 1. The van der Waals surface area contributed by atoms with Gasteiger partial charge in [-0.2, -0.15) is 0 Å². The average Bonchev–Trinajstić information content (AvgIpc) is 2.45. The first kappa shape index (κ1) is 15.1. The highest BCUT2D eigenvalue weighted by atomic mass is 32.2. The van der Waals surface area contributed by atoms with Crippen molar-refractivity contribution in [1.29, 1.82) is 0 Å². The van der Waals surface area contributed by atoms with E-state index in [1.165, 1.54) is 6.26 Å². The Morgan fingerprint density at radius 3 is 2.52 bits per heavy atom. The summed E-state index contributed by atoms with van der Waals surface area (Å²) in [5.74, 6) is -0.476. The van der Waals surface area contributed by atoms with Gasteiger partial charge in [-0.15, -0.1) is 0 Å². The van der Waals surface area contributed by atoms with Crippen LogP contribution in [0.4, 0.5) is 5.69 Å². The van der Waals surface area contributed by atoms with Crippen LogP contribution in [0, 0.1) is 0 Å². The lowest BCUT2D eigenvalue weighted by molar-refractivity contribution is 0.1000. The van der Waals surface area contributed by atoms with Crippen LogP contribution >= 0.6 is 0 Å². The van der Waals surface area contributed by atoms with E-state index in [-0.39, 0.29) is 4.90 Å². The second kappa shape index (κ2) is 5.97. The maximum absolute atomic E-state index is 11.5. The summed E-state index contributed by atoms with van der Waals surface area (Å²) in [7, 11) is -3.23. The number of primary amides is 1. The summed E-state index contributed by atoms with van der Waals surface area (Å²) in [6.45, 7) is 0.467. The topological polar surface area (TPSA) is 89.3 Å². The van der Waals surface area contributed by atoms with Crippen LogP contribution in [0.15, 0.2) is 53.4 Å². The molecule has 0 saturated carbocycles. The quantitative estimate of drug-likeness (QED) is 0.881. The molecule has 6 heteroatoms. The predicted molar refractivity (Wildman–Crippen MR) is 81.8 cm³/mol. The van der Waals surface area contributed by atoms with Crippen molar-refractivity contribution in [1.82, 2.24) is 0 Å². The van der Waals surface area contributed by atoms with Gasteiger partial charge in [-0.25, -0.2) is 8.42 Å². The van der Waals surface area contributed by atoms with E-state index in [1.54, 1.807) is 42.5 Å². The molecule has 5 nitrogen and oxygen atoms in total. The van der Waals surface area contributed by atoms with Gasteiger partial charge >= 0.3 is 0 Å². The van der Waals surface area contributed by atoms with E-state index in [0.29, 0.717) is 17.8 Å². The molecule has 0 unspecified atom stereocenters. The van der Waals surface area contributed by atoms with E-state index in [9.17, 15) is 13.2 Å². The van der Waals surface area contributed by atoms with Crippen molar-refractivity contribution in [2.75, 3.05) is 11.6 Å². The second-order valence-corrected chi connectivity index (χ2v) is 6.73. The van der Waals surface area contributed by atoms with E-state index < -0.39 is 15.7 Å². The fourth-order valence-corrected chi connectivity index (χ4v) is 2.54. The SMILES string of the molecule is CS(=O)(=O)c1cccc(NCc2cccc(C(N)=O)c2)c1. The third-order valence-electron chi connectivity index (χ3n) is 2.97. The third-order valence-corrected chi connectivity index (χ3v) is 4.08. The molecule has 21 heavy (non-hydrogen) atoms. The van der Waals surface area contributed by atoms with E-state index in [2.05, 4.69) is 5.32 Å². The molecule has 2 aromatic rings. The van der Waals surface area contributed by atoms with E-state index >= 15 is 0 Å². The molecule has 0 aliphatic heterocycles. The number of anilines is 1. The molecule has 2 aromatic carbocycles. The van der Waals surface area contributed by atoms with Crippen molar-refractivity contribution in [2.24, 2.45) is 5.73 Å². The number of nitrogens with one attached hydrogen (secondary N) is 1. The molecule has 3 N–H and O–H groups in total. The Hall–Kier alpha value is -2.34. The van der Waals surface area contributed by atoms with Gasteiger partial charge in [0.05, 0.1) is 4.90 Å². The highest BCUT2D eigenvalue weighted by molar-refractivity contribution is 7.90. The monoisotopic (exact) mass is 304 g/mol. The maximum Gasteiger partial charge on any atom is 0.248 e. The molecule has 110 valence electrons. The van der Waals surface area contributed by atoms with E-state index in [0.717, 1.165) is 5.56 Å². The number of carbonyl (C=O) groups excluding carboxylic acids is 1. The molecule has 0 heterocycles. The standard InChI is InChI=1S/C15H16N2O3S/c1-21(19,20)14-7-3-6-13(9-14)17-10-11-4-2-5-12(8-11)15(16)18/h2-9,17H,10H2,1H3,(H2,16,18). The van der Waals surface area contributed by atoms with Crippen LogP contribution in [0.25, 0.3) is 0 Å². The van der Waals surface area contributed by atoms with Crippen molar-refractivity contribution >= 4 is 21.4 Å². The molecule has 0 aromatic heterocycles. The number of amides is 1. The van der Waals surface area contributed by atoms with Gasteiger partial charge in [-0.05, 0) is 35.9 Å². The van der Waals surface area contributed by atoms with Gasteiger partial charge in [0.25, 0.3) is 0 Å². The van der Waals surface area contributed by atoms with Crippen LogP contribution in [-0.4, -0.2) is 20.6 Å². The van der Waals surface area contributed by atoms with Crippen LogP contribution in [0.1, 0.15) is 15.9 Å². The third kappa shape index (κ3) is 4.06. The molecule has 0 saturated heterocycles. The minimum Gasteiger partial charge on any atom is -0.381 e. The summed E-state index contributed by atoms with van der Waals surface area (Å²) in [5.41, 5.74) is 7.26. The lowest BCUT2D eigenvalue weighted by atomic mass is 10.1. The summed E-state index contributed by atoms with van der Waals surface area (Å²) in [5, 5.41) is 3.12. The minimum absolute atomic E-state index is 0.262. The first-order valence-corrected chi connectivity index (χ1v) is 8.18. The summed E-state index contributed by atoms with van der Waals surface area (Å²) < 4.78 is 23.0. The van der Waals surface area contributed by atoms with Crippen molar-refractivity contribution in [3.63, 3.8) is 0 Å². The van der Waals surface area contributed by atoms with Crippen molar-refractivity contribution < 1.29 is 13.2 Å². The fraction of sp³-hybridized carbons (Fsp3) is 0.133. The highest BCUT2D eigenvalue weighted by Crippen LogP contribution is 2.16. The molecule has 0 radical (unpaired) electrons. The maximum atomic E-state index is 11.5. The molecule has 0 bridgehead atoms. The van der Waals surface area contributed by atoms with Gasteiger partial charge in [0.15, 0.2) is 9.84 Å². The highest BCUT2D eigenvalue weighted by Gasteiger charge is 2.07. The Labute approximate surface area is 123 Å². The molecule has 0 fully saturated rings. The molecule has 0 atom stereocenters. The number of rotatable bonds is 5. The number of hydrogen-bond donors (Lipinski definition) is 2. The Kier molecular flexibility index (Phi) is 4.28. The smallest absolute Gasteiger partial charge is 0.248 e. The largest absolute Gasteiger partial charge is 0.381 e. The zero-order chi connectivity index (χ0) is 15.5. The van der Waals surface area contributed by atoms with Gasteiger partial charge in [0.2, 0.25) is 5.91 Å². The zero-order valence-corrected chi connectivity index (χ0v) is 12.4. The first-order chi connectivity index (χ1) is 9.86. The minimum atomic E-state index is -3.23. The summed E-state index contributed by atoms with van der Waals surface area (Å²) >= 11 is 0. The van der Waals surface area contributed by atoms with Gasteiger partial charge in [-0.1, -0.05) is 18.2 Å². The summed E-state index contributed by atoms with van der Waals surface area (Å²) in [6, 6.07) is 13.6. The molecule has 0 spiro atoms. The normalized spacial score (nSPS) is 11.1. The summed E-state index contributed by atoms with van der Waals surface area (Å²) in [4.78, 5) is 11.4. The van der Waals surface area contributed by atoms with E-state index in [4.69, 9.17) is 5.73 Å². The van der Waals surface area contributed by atoms with Crippen LogP contribution in [0.2, 0.25) is 0 Å². The fourth-order valence-electron chi connectivity index (χ4n) is 1.88. The van der Waals surface area contributed by atoms with Crippen LogP contribution in [-0.2, 0) is 16.4 Å². The predicted octanol–water partition coefficient (Wildman–Crippen LogP) is 1.80. The number of hydrogen-bond acceptors (Lipinski definition) is 4. The molecule has 1 amide bonds. The average molecular weight is 304 g/mol. The zero-order valence-electron chi connectivity index (χ0n) is 11.5. The Bertz CT molecular complexity index is 770. The summed E-state index contributed by atoms with van der Waals surface area (Å²) in [6.07, 6.45) is 1.17. The lowest BCUT2D eigenvalue weighted by Crippen LogP contribution is -2.11.